The van der Waals surface area contributed by atoms with Gasteiger partial charge in [0, 0.05) is 13.0 Å². The van der Waals surface area contributed by atoms with E-state index in [0.29, 0.717) is 23.9 Å². The van der Waals surface area contributed by atoms with Crippen LogP contribution in [0.3, 0.4) is 0 Å². The lowest BCUT2D eigenvalue weighted by Crippen LogP contribution is -2.07. The minimum atomic E-state index is 0.0595. The van der Waals surface area contributed by atoms with Crippen LogP contribution in [0.4, 0.5) is 5.82 Å². The molecule has 0 radical (unpaired) electrons. The van der Waals surface area contributed by atoms with Gasteiger partial charge in [0.05, 0.1) is 17.9 Å². The zero-order chi connectivity index (χ0) is 11.4. The lowest BCUT2D eigenvalue weighted by Gasteiger charge is -2.07. The van der Waals surface area contributed by atoms with Crippen LogP contribution in [-0.2, 0) is 4.74 Å². The van der Waals surface area contributed by atoms with Crippen molar-refractivity contribution in [3.8, 4) is 0 Å². The molecule has 1 aromatic rings. The second-order valence-corrected chi connectivity index (χ2v) is 4.15. The molecule has 2 rings (SSSR count). The third-order valence-electron chi connectivity index (χ3n) is 2.92. The molecule has 1 aromatic heterocycles. The van der Waals surface area contributed by atoms with Crippen molar-refractivity contribution in [1.29, 1.82) is 0 Å². The third-order valence-corrected chi connectivity index (χ3v) is 2.92. The molecule has 1 aliphatic rings. The molecule has 1 unspecified atom stereocenters. The number of nitrogens with zero attached hydrogens (tertiary/aromatic N) is 1. The summed E-state index contributed by atoms with van der Waals surface area (Å²) in [5.41, 5.74) is 6.08. The number of nitrogen functional groups attached to an aromatic ring is 1. The highest BCUT2D eigenvalue weighted by molar-refractivity contribution is 5.99. The average Bonchev–Trinajstić information content (AvgIpc) is 2.88. The molecule has 1 atom stereocenters. The predicted molar refractivity (Wildman–Crippen MR) is 60.2 cm³/mol. The van der Waals surface area contributed by atoms with E-state index in [-0.39, 0.29) is 5.78 Å². The van der Waals surface area contributed by atoms with Gasteiger partial charge in [-0.3, -0.25) is 9.89 Å². The molecule has 88 valence electrons. The zero-order valence-electron chi connectivity index (χ0n) is 9.24. The molecule has 0 amide bonds. The Hall–Kier alpha value is -1.36. The van der Waals surface area contributed by atoms with Crippen LogP contribution in [0.2, 0.25) is 0 Å². The van der Waals surface area contributed by atoms with Crippen molar-refractivity contribution in [1.82, 2.24) is 10.2 Å². The molecule has 1 aliphatic heterocycles. The van der Waals surface area contributed by atoms with Crippen molar-refractivity contribution in [2.24, 2.45) is 0 Å². The van der Waals surface area contributed by atoms with Gasteiger partial charge >= 0.3 is 0 Å². The minimum Gasteiger partial charge on any atom is -0.383 e. The van der Waals surface area contributed by atoms with Crippen LogP contribution in [0.1, 0.15) is 42.5 Å². The molecule has 0 bridgehead atoms. The van der Waals surface area contributed by atoms with E-state index in [4.69, 9.17) is 10.5 Å². The third kappa shape index (κ3) is 2.61. The maximum atomic E-state index is 11.7. The Labute approximate surface area is 94.4 Å². The van der Waals surface area contributed by atoms with Crippen molar-refractivity contribution >= 4 is 11.6 Å². The first-order valence-electron chi connectivity index (χ1n) is 5.71. The smallest absolute Gasteiger partial charge is 0.168 e. The highest BCUT2D eigenvalue weighted by atomic mass is 16.5. The quantitative estimate of drug-likeness (QED) is 0.741. The first kappa shape index (κ1) is 11.1. The second-order valence-electron chi connectivity index (χ2n) is 4.15. The summed E-state index contributed by atoms with van der Waals surface area (Å²) in [5, 5.41) is 6.30. The van der Waals surface area contributed by atoms with E-state index in [1.54, 1.807) is 0 Å². The molecular formula is C11H17N3O2. The molecule has 1 fully saturated rings. The first-order valence-corrected chi connectivity index (χ1v) is 5.71. The number of ketones is 1. The Balaban J connectivity index is 1.73. The Bertz CT molecular complexity index is 356. The standard InChI is InChI=1S/C11H17N3O2/c12-11-9(7-13-14-11)10(15)5-1-3-8-4-2-6-16-8/h7-8H,1-6H2,(H3,12,13,14). The summed E-state index contributed by atoms with van der Waals surface area (Å²) in [5.74, 6) is 0.423. The number of aromatic nitrogens is 2. The second kappa shape index (κ2) is 5.12. The summed E-state index contributed by atoms with van der Waals surface area (Å²) in [4.78, 5) is 11.7. The Kier molecular flexibility index (Phi) is 3.56. The molecule has 5 heteroatoms. The average molecular weight is 223 g/mol. The highest BCUT2D eigenvalue weighted by Gasteiger charge is 2.16. The Morgan fingerprint density at radius 1 is 1.69 bits per heavy atom. The first-order chi connectivity index (χ1) is 7.77. The number of hydrogen-bond donors (Lipinski definition) is 2. The monoisotopic (exact) mass is 223 g/mol. The summed E-state index contributed by atoms with van der Waals surface area (Å²) in [6.07, 6.45) is 6.45. The summed E-state index contributed by atoms with van der Waals surface area (Å²) in [6.45, 7) is 0.868. The van der Waals surface area contributed by atoms with Crippen molar-refractivity contribution in [2.75, 3.05) is 12.3 Å². The molecule has 0 aliphatic carbocycles. The van der Waals surface area contributed by atoms with Gasteiger partial charge in [0.15, 0.2) is 5.78 Å². The minimum absolute atomic E-state index is 0.0595. The molecule has 16 heavy (non-hydrogen) atoms. The fourth-order valence-corrected chi connectivity index (χ4v) is 2.02. The van der Waals surface area contributed by atoms with E-state index in [2.05, 4.69) is 10.2 Å². The van der Waals surface area contributed by atoms with Gasteiger partial charge in [-0.2, -0.15) is 5.10 Å². The maximum Gasteiger partial charge on any atom is 0.168 e. The van der Waals surface area contributed by atoms with Crippen molar-refractivity contribution < 1.29 is 9.53 Å². The number of anilines is 1. The lowest BCUT2D eigenvalue weighted by atomic mass is 10.0. The van der Waals surface area contributed by atoms with Crippen LogP contribution in [0.5, 0.6) is 0 Å². The zero-order valence-corrected chi connectivity index (χ0v) is 9.24. The molecule has 0 spiro atoms. The van der Waals surface area contributed by atoms with Crippen LogP contribution >= 0.6 is 0 Å². The summed E-state index contributed by atoms with van der Waals surface area (Å²) in [7, 11) is 0. The van der Waals surface area contributed by atoms with Gasteiger partial charge in [-0.1, -0.05) is 0 Å². The van der Waals surface area contributed by atoms with E-state index in [0.717, 1.165) is 32.3 Å². The van der Waals surface area contributed by atoms with Gasteiger partial charge in [-0.05, 0) is 25.7 Å². The molecule has 0 saturated carbocycles. The fourth-order valence-electron chi connectivity index (χ4n) is 2.02. The summed E-state index contributed by atoms with van der Waals surface area (Å²) in [6, 6.07) is 0. The number of hydrogen-bond acceptors (Lipinski definition) is 4. The molecule has 0 aromatic carbocycles. The number of carbonyl (C=O) groups excluding carboxylic acids is 1. The van der Waals surface area contributed by atoms with Gasteiger partial charge in [-0.15, -0.1) is 0 Å². The SMILES string of the molecule is Nc1[nH]ncc1C(=O)CCCC1CCCO1. The highest BCUT2D eigenvalue weighted by Crippen LogP contribution is 2.19. The van der Waals surface area contributed by atoms with Gasteiger partial charge in [0.25, 0.3) is 0 Å². The van der Waals surface area contributed by atoms with Gasteiger partial charge < -0.3 is 10.5 Å². The number of nitrogens with two attached hydrogens (primary N) is 1. The molecular weight excluding hydrogens is 206 g/mol. The van der Waals surface area contributed by atoms with E-state index in [1.807, 2.05) is 0 Å². The predicted octanol–water partition coefficient (Wildman–Crippen LogP) is 1.52. The van der Waals surface area contributed by atoms with Crippen molar-refractivity contribution in [3.05, 3.63) is 11.8 Å². The summed E-state index contributed by atoms with van der Waals surface area (Å²) >= 11 is 0. The number of ether oxygens (including phenoxy) is 1. The molecule has 2 heterocycles. The van der Waals surface area contributed by atoms with Crippen LogP contribution < -0.4 is 5.73 Å². The fraction of sp³-hybridized carbons (Fsp3) is 0.636. The van der Waals surface area contributed by atoms with Gasteiger partial charge in [0.1, 0.15) is 5.82 Å². The van der Waals surface area contributed by atoms with E-state index < -0.39 is 0 Å². The lowest BCUT2D eigenvalue weighted by molar-refractivity contribution is 0.0923. The van der Waals surface area contributed by atoms with Crippen LogP contribution in [0.15, 0.2) is 6.20 Å². The Morgan fingerprint density at radius 3 is 3.19 bits per heavy atom. The van der Waals surface area contributed by atoms with E-state index in [9.17, 15) is 4.79 Å². The molecule has 5 nitrogen and oxygen atoms in total. The topological polar surface area (TPSA) is 81.0 Å². The molecule has 1 saturated heterocycles. The number of Topliss-reactive ketones (excluding diaryl/α,β-unsaturated/α-hetero) is 1. The Morgan fingerprint density at radius 2 is 2.56 bits per heavy atom. The number of H-pyrrole nitrogens is 1. The van der Waals surface area contributed by atoms with Crippen LogP contribution in [0, 0.1) is 0 Å². The molecule has 3 N–H and O–H groups in total. The maximum absolute atomic E-state index is 11.7. The van der Waals surface area contributed by atoms with Crippen molar-refractivity contribution in [2.45, 2.75) is 38.2 Å². The number of nitrogens with one attached hydrogen (secondary N) is 1. The van der Waals surface area contributed by atoms with E-state index in [1.165, 1.54) is 6.20 Å². The number of carbonyl (C=O) groups is 1. The number of aromatic amines is 1. The normalized spacial score (nSPS) is 20.1. The van der Waals surface area contributed by atoms with Crippen LogP contribution in [-0.4, -0.2) is 28.7 Å². The van der Waals surface area contributed by atoms with E-state index >= 15 is 0 Å². The van der Waals surface area contributed by atoms with Gasteiger partial charge in [0.2, 0.25) is 0 Å². The van der Waals surface area contributed by atoms with Crippen LogP contribution in [0.25, 0.3) is 0 Å². The largest absolute Gasteiger partial charge is 0.383 e. The van der Waals surface area contributed by atoms with Crippen molar-refractivity contribution in [3.63, 3.8) is 0 Å². The summed E-state index contributed by atoms with van der Waals surface area (Å²) < 4.78 is 5.49. The van der Waals surface area contributed by atoms with Gasteiger partial charge in [-0.25, -0.2) is 0 Å². The number of rotatable bonds is 5.